The largest absolute Gasteiger partial charge is 0.342 e. The molecule has 100 valence electrons. The van der Waals surface area contributed by atoms with E-state index < -0.39 is 0 Å². The highest BCUT2D eigenvalue weighted by Crippen LogP contribution is 2.20. The Kier molecular flexibility index (Phi) is 3.85. The van der Waals surface area contributed by atoms with E-state index in [1.54, 1.807) is 24.8 Å². The molecule has 0 fully saturated rings. The Bertz CT molecular complexity index is 606. The molecule has 0 N–H and O–H groups in total. The summed E-state index contributed by atoms with van der Waals surface area (Å²) in [6.07, 6.45) is 0.666. The van der Waals surface area contributed by atoms with Crippen molar-refractivity contribution in [2.24, 2.45) is 0 Å². The van der Waals surface area contributed by atoms with Gasteiger partial charge in [-0.25, -0.2) is 9.67 Å². The van der Waals surface area contributed by atoms with Crippen LogP contribution in [0.3, 0.4) is 0 Å². The first kappa shape index (κ1) is 13.5. The highest BCUT2D eigenvalue weighted by Gasteiger charge is 2.18. The number of aromatic nitrogens is 3. The normalized spacial score (nSPS) is 10.5. The summed E-state index contributed by atoms with van der Waals surface area (Å²) in [7, 11) is 3.34. The van der Waals surface area contributed by atoms with Crippen LogP contribution in [0.2, 0.25) is 5.02 Å². The molecule has 1 aromatic heterocycles. The molecule has 1 amide bonds. The zero-order valence-electron chi connectivity index (χ0n) is 11.1. The first-order valence-corrected chi connectivity index (χ1v) is 6.35. The van der Waals surface area contributed by atoms with Crippen LogP contribution in [0.1, 0.15) is 23.4 Å². The van der Waals surface area contributed by atoms with E-state index in [0.29, 0.717) is 17.3 Å². The standard InChI is InChI=1S/C13H15ClN4O/c1-4-11-15-12(13(19)17(2)3)16-18(11)10-8-6-5-7-9(10)14/h5-8H,4H2,1-3H3. The van der Waals surface area contributed by atoms with Crippen molar-refractivity contribution < 1.29 is 4.79 Å². The van der Waals surface area contributed by atoms with Gasteiger partial charge in [-0.2, -0.15) is 0 Å². The van der Waals surface area contributed by atoms with Crippen molar-refractivity contribution in [3.63, 3.8) is 0 Å². The van der Waals surface area contributed by atoms with Gasteiger partial charge in [0, 0.05) is 20.5 Å². The fourth-order valence-corrected chi connectivity index (χ4v) is 1.90. The lowest BCUT2D eigenvalue weighted by Gasteiger charge is -2.06. The molecule has 2 aromatic rings. The summed E-state index contributed by atoms with van der Waals surface area (Å²) in [6, 6.07) is 7.35. The van der Waals surface area contributed by atoms with Gasteiger partial charge in [-0.15, -0.1) is 5.10 Å². The summed E-state index contributed by atoms with van der Waals surface area (Å²) in [4.78, 5) is 17.6. The van der Waals surface area contributed by atoms with Gasteiger partial charge in [-0.1, -0.05) is 30.7 Å². The smallest absolute Gasteiger partial charge is 0.293 e. The Balaban J connectivity index is 2.52. The molecule has 2 rings (SSSR count). The molecule has 19 heavy (non-hydrogen) atoms. The lowest BCUT2D eigenvalue weighted by atomic mass is 10.3. The van der Waals surface area contributed by atoms with Gasteiger partial charge >= 0.3 is 0 Å². The van der Waals surface area contributed by atoms with E-state index in [0.717, 1.165) is 5.69 Å². The molecule has 0 aliphatic rings. The van der Waals surface area contributed by atoms with Gasteiger partial charge in [0.05, 0.1) is 10.7 Å². The average molecular weight is 279 g/mol. The molecular weight excluding hydrogens is 264 g/mol. The molecule has 0 saturated heterocycles. The fraction of sp³-hybridized carbons (Fsp3) is 0.308. The molecule has 0 saturated carbocycles. The van der Waals surface area contributed by atoms with Gasteiger partial charge in [0.15, 0.2) is 0 Å². The molecule has 5 nitrogen and oxygen atoms in total. The van der Waals surface area contributed by atoms with Crippen LogP contribution in [-0.4, -0.2) is 39.7 Å². The van der Waals surface area contributed by atoms with Crippen LogP contribution in [0.15, 0.2) is 24.3 Å². The van der Waals surface area contributed by atoms with E-state index >= 15 is 0 Å². The van der Waals surface area contributed by atoms with E-state index in [1.807, 2.05) is 25.1 Å². The molecular formula is C13H15ClN4O. The number of aryl methyl sites for hydroxylation is 1. The first-order valence-electron chi connectivity index (χ1n) is 5.97. The third-order valence-electron chi connectivity index (χ3n) is 2.67. The summed E-state index contributed by atoms with van der Waals surface area (Å²) in [5.74, 6) is 0.667. The Hall–Kier alpha value is -1.88. The van der Waals surface area contributed by atoms with Gasteiger partial charge in [-0.3, -0.25) is 4.79 Å². The van der Waals surface area contributed by atoms with Crippen LogP contribution >= 0.6 is 11.6 Å². The maximum atomic E-state index is 11.9. The number of rotatable bonds is 3. The number of hydrogen-bond acceptors (Lipinski definition) is 3. The Morgan fingerprint density at radius 1 is 1.37 bits per heavy atom. The second-order valence-electron chi connectivity index (χ2n) is 4.27. The van der Waals surface area contributed by atoms with Crippen LogP contribution in [-0.2, 0) is 6.42 Å². The average Bonchev–Trinajstić information content (AvgIpc) is 2.82. The van der Waals surface area contributed by atoms with E-state index in [2.05, 4.69) is 10.1 Å². The molecule has 0 aliphatic heterocycles. The van der Waals surface area contributed by atoms with Gasteiger partial charge in [0.1, 0.15) is 5.82 Å². The molecule has 6 heteroatoms. The molecule has 0 aliphatic carbocycles. The number of benzene rings is 1. The maximum absolute atomic E-state index is 11.9. The van der Waals surface area contributed by atoms with Crippen molar-refractivity contribution in [3.05, 3.63) is 40.9 Å². The second kappa shape index (κ2) is 5.40. The monoisotopic (exact) mass is 278 g/mol. The number of carbonyl (C=O) groups is 1. The zero-order valence-corrected chi connectivity index (χ0v) is 11.8. The van der Waals surface area contributed by atoms with E-state index in [1.165, 1.54) is 4.90 Å². The number of nitrogens with zero attached hydrogens (tertiary/aromatic N) is 4. The minimum Gasteiger partial charge on any atom is -0.342 e. The van der Waals surface area contributed by atoms with Gasteiger partial charge < -0.3 is 4.90 Å². The Morgan fingerprint density at radius 3 is 2.63 bits per heavy atom. The van der Waals surface area contributed by atoms with Crippen molar-refractivity contribution in [2.45, 2.75) is 13.3 Å². The summed E-state index contributed by atoms with van der Waals surface area (Å²) < 4.78 is 1.62. The van der Waals surface area contributed by atoms with Gasteiger partial charge in [0.2, 0.25) is 5.82 Å². The summed E-state index contributed by atoms with van der Waals surface area (Å²) in [6.45, 7) is 1.96. The number of hydrogen-bond donors (Lipinski definition) is 0. The second-order valence-corrected chi connectivity index (χ2v) is 4.68. The van der Waals surface area contributed by atoms with Gasteiger partial charge in [0.25, 0.3) is 5.91 Å². The van der Waals surface area contributed by atoms with Crippen LogP contribution in [0.25, 0.3) is 5.69 Å². The van der Waals surface area contributed by atoms with Crippen LogP contribution in [0.5, 0.6) is 0 Å². The topological polar surface area (TPSA) is 51.0 Å². The molecule has 1 heterocycles. The molecule has 0 unspecified atom stereocenters. The van der Waals surface area contributed by atoms with Crippen molar-refractivity contribution in [2.75, 3.05) is 14.1 Å². The molecule has 1 aromatic carbocycles. The van der Waals surface area contributed by atoms with Gasteiger partial charge in [-0.05, 0) is 12.1 Å². The minimum atomic E-state index is -0.222. The summed E-state index contributed by atoms with van der Waals surface area (Å²) >= 11 is 6.16. The minimum absolute atomic E-state index is 0.182. The molecule has 0 spiro atoms. The number of amides is 1. The summed E-state index contributed by atoms with van der Waals surface area (Å²) in [5, 5.41) is 4.84. The lowest BCUT2D eigenvalue weighted by molar-refractivity contribution is 0.0816. The lowest BCUT2D eigenvalue weighted by Crippen LogP contribution is -2.23. The van der Waals surface area contributed by atoms with Crippen LogP contribution in [0.4, 0.5) is 0 Å². The van der Waals surface area contributed by atoms with Crippen molar-refractivity contribution in [1.82, 2.24) is 19.7 Å². The number of halogens is 1. The SMILES string of the molecule is CCc1nc(C(=O)N(C)C)nn1-c1ccccc1Cl. The predicted octanol–water partition coefficient (Wildman–Crippen LogP) is 2.18. The molecule has 0 atom stereocenters. The highest BCUT2D eigenvalue weighted by molar-refractivity contribution is 6.32. The Morgan fingerprint density at radius 2 is 2.05 bits per heavy atom. The maximum Gasteiger partial charge on any atom is 0.293 e. The quantitative estimate of drug-likeness (QED) is 0.865. The number of para-hydroxylation sites is 1. The zero-order chi connectivity index (χ0) is 14.0. The third-order valence-corrected chi connectivity index (χ3v) is 2.99. The molecule has 0 bridgehead atoms. The van der Waals surface area contributed by atoms with Crippen molar-refractivity contribution >= 4 is 17.5 Å². The van der Waals surface area contributed by atoms with Crippen molar-refractivity contribution in [1.29, 1.82) is 0 Å². The van der Waals surface area contributed by atoms with Crippen molar-refractivity contribution in [3.8, 4) is 5.69 Å². The third kappa shape index (κ3) is 2.61. The van der Waals surface area contributed by atoms with E-state index in [-0.39, 0.29) is 11.7 Å². The molecule has 0 radical (unpaired) electrons. The van der Waals surface area contributed by atoms with Crippen LogP contribution < -0.4 is 0 Å². The predicted molar refractivity (Wildman–Crippen MR) is 73.8 cm³/mol. The fourth-order valence-electron chi connectivity index (χ4n) is 1.68. The number of carbonyl (C=O) groups excluding carboxylic acids is 1. The van der Waals surface area contributed by atoms with E-state index in [9.17, 15) is 4.79 Å². The van der Waals surface area contributed by atoms with Crippen LogP contribution in [0, 0.1) is 0 Å². The summed E-state index contributed by atoms with van der Waals surface area (Å²) in [5.41, 5.74) is 0.728. The van der Waals surface area contributed by atoms with E-state index in [4.69, 9.17) is 11.6 Å². The Labute approximate surface area is 116 Å². The first-order chi connectivity index (χ1) is 9.04. The highest BCUT2D eigenvalue weighted by atomic mass is 35.5.